The molecule has 1 N–H and O–H groups in total. The average Bonchev–Trinajstić information content (AvgIpc) is 3.00. The smallest absolute Gasteiger partial charge is 0.115 e. The molecule has 20 heavy (non-hydrogen) atoms. The first kappa shape index (κ1) is 12.4. The maximum Gasteiger partial charge on any atom is 0.115 e. The third kappa shape index (κ3) is 2.41. The van der Waals surface area contributed by atoms with Crippen LogP contribution in [0.4, 0.5) is 0 Å². The Morgan fingerprint density at radius 2 is 1.80 bits per heavy atom. The molecule has 0 saturated heterocycles. The maximum atomic E-state index is 4.52. The molecule has 2 heterocycles. The van der Waals surface area contributed by atoms with Crippen LogP contribution in [0.5, 0.6) is 0 Å². The van der Waals surface area contributed by atoms with Gasteiger partial charge < -0.3 is 5.32 Å². The molecule has 0 aliphatic carbocycles. The quantitative estimate of drug-likeness (QED) is 0.772. The van der Waals surface area contributed by atoms with Crippen molar-refractivity contribution < 1.29 is 0 Å². The number of hydrogen-bond acceptors (Lipinski definition) is 5. The Hall–Kier alpha value is -2.60. The molecule has 3 aromatic rings. The molecule has 0 fully saturated rings. The minimum atomic E-state index is -0.0753. The fourth-order valence-corrected chi connectivity index (χ4v) is 2.04. The molecule has 0 amide bonds. The second-order valence-electron chi connectivity index (χ2n) is 4.29. The minimum Gasteiger partial charge on any atom is -0.308 e. The maximum absolute atomic E-state index is 4.52. The molecule has 1 atom stereocenters. The van der Waals surface area contributed by atoms with Gasteiger partial charge in [0, 0.05) is 18.0 Å². The molecule has 0 bridgehead atoms. The summed E-state index contributed by atoms with van der Waals surface area (Å²) in [6.45, 7) is 0. The highest BCUT2D eigenvalue weighted by atomic mass is 15.5. The fraction of sp³-hybridized carbons (Fsp3) is 0.143. The average molecular weight is 266 g/mol. The molecule has 100 valence electrons. The van der Waals surface area contributed by atoms with Gasteiger partial charge in [-0.1, -0.05) is 18.2 Å². The summed E-state index contributed by atoms with van der Waals surface area (Å²) in [6.07, 6.45) is 6.81. The first-order valence-electron chi connectivity index (χ1n) is 6.28. The first-order valence-corrected chi connectivity index (χ1v) is 6.28. The Morgan fingerprint density at radius 3 is 2.50 bits per heavy atom. The van der Waals surface area contributed by atoms with Gasteiger partial charge in [-0.25, -0.2) is 9.97 Å². The molecular weight excluding hydrogens is 252 g/mol. The van der Waals surface area contributed by atoms with Crippen molar-refractivity contribution in [2.75, 3.05) is 7.05 Å². The molecular formula is C14H14N6. The van der Waals surface area contributed by atoms with E-state index in [2.05, 4.69) is 25.5 Å². The zero-order valence-corrected chi connectivity index (χ0v) is 11.0. The predicted octanol–water partition coefficient (Wildman–Crippen LogP) is 1.37. The summed E-state index contributed by atoms with van der Waals surface area (Å²) in [5.41, 5.74) is 2.71. The van der Waals surface area contributed by atoms with E-state index >= 15 is 0 Å². The third-order valence-electron chi connectivity index (χ3n) is 3.00. The van der Waals surface area contributed by atoms with Gasteiger partial charge >= 0.3 is 0 Å². The van der Waals surface area contributed by atoms with Gasteiger partial charge in [0.15, 0.2) is 0 Å². The SMILES string of the molecule is CNC(c1cncnc1)c1cnn(-c2ccccc2)n1. The summed E-state index contributed by atoms with van der Waals surface area (Å²) in [7, 11) is 1.87. The Kier molecular flexibility index (Phi) is 3.47. The number of nitrogens with one attached hydrogen (secondary N) is 1. The summed E-state index contributed by atoms with van der Waals surface area (Å²) in [5.74, 6) is 0. The number of benzene rings is 1. The number of aromatic nitrogens is 5. The molecule has 0 spiro atoms. The van der Waals surface area contributed by atoms with Gasteiger partial charge in [0.1, 0.15) is 12.0 Å². The van der Waals surface area contributed by atoms with Gasteiger partial charge in [-0.15, -0.1) is 0 Å². The van der Waals surface area contributed by atoms with E-state index in [9.17, 15) is 0 Å². The van der Waals surface area contributed by atoms with Crippen LogP contribution in [0.1, 0.15) is 17.3 Å². The van der Waals surface area contributed by atoms with Crippen LogP contribution in [-0.2, 0) is 0 Å². The fourth-order valence-electron chi connectivity index (χ4n) is 2.04. The number of nitrogens with zero attached hydrogens (tertiary/aromatic N) is 5. The molecule has 6 nitrogen and oxygen atoms in total. The van der Waals surface area contributed by atoms with Crippen molar-refractivity contribution in [2.45, 2.75) is 6.04 Å². The van der Waals surface area contributed by atoms with Crippen molar-refractivity contribution in [1.29, 1.82) is 0 Å². The Morgan fingerprint density at radius 1 is 1.05 bits per heavy atom. The summed E-state index contributed by atoms with van der Waals surface area (Å²) >= 11 is 0. The number of hydrogen-bond donors (Lipinski definition) is 1. The van der Waals surface area contributed by atoms with E-state index in [4.69, 9.17) is 0 Å². The largest absolute Gasteiger partial charge is 0.308 e. The Labute approximate surface area is 116 Å². The van der Waals surface area contributed by atoms with E-state index < -0.39 is 0 Å². The molecule has 0 aliphatic heterocycles. The molecule has 6 heteroatoms. The monoisotopic (exact) mass is 266 g/mol. The van der Waals surface area contributed by atoms with E-state index in [0.717, 1.165) is 16.9 Å². The molecule has 3 rings (SSSR count). The summed E-state index contributed by atoms with van der Waals surface area (Å²) in [4.78, 5) is 9.69. The predicted molar refractivity (Wildman–Crippen MR) is 74.3 cm³/mol. The minimum absolute atomic E-state index is 0.0753. The van der Waals surface area contributed by atoms with Crippen molar-refractivity contribution in [3.8, 4) is 5.69 Å². The first-order chi connectivity index (χ1) is 9.88. The number of para-hydroxylation sites is 1. The van der Waals surface area contributed by atoms with Crippen molar-refractivity contribution in [3.05, 3.63) is 66.5 Å². The Balaban J connectivity index is 1.93. The normalized spacial score (nSPS) is 12.2. The molecule has 0 saturated carbocycles. The van der Waals surface area contributed by atoms with Crippen molar-refractivity contribution >= 4 is 0 Å². The van der Waals surface area contributed by atoms with Crippen LogP contribution in [0.2, 0.25) is 0 Å². The second-order valence-corrected chi connectivity index (χ2v) is 4.29. The van der Waals surface area contributed by atoms with Crippen LogP contribution < -0.4 is 5.32 Å². The van der Waals surface area contributed by atoms with Crippen molar-refractivity contribution in [2.24, 2.45) is 0 Å². The van der Waals surface area contributed by atoms with Gasteiger partial charge in [0.05, 0.1) is 17.9 Å². The highest BCUT2D eigenvalue weighted by Gasteiger charge is 2.16. The Bertz CT molecular complexity index is 664. The van der Waals surface area contributed by atoms with Crippen LogP contribution in [0.25, 0.3) is 5.69 Å². The van der Waals surface area contributed by atoms with E-state index in [-0.39, 0.29) is 6.04 Å². The lowest BCUT2D eigenvalue weighted by molar-refractivity contribution is 0.645. The van der Waals surface area contributed by atoms with Crippen LogP contribution in [0.3, 0.4) is 0 Å². The van der Waals surface area contributed by atoms with Gasteiger partial charge in [0.25, 0.3) is 0 Å². The highest BCUT2D eigenvalue weighted by molar-refractivity contribution is 5.29. The topological polar surface area (TPSA) is 68.5 Å². The zero-order valence-electron chi connectivity index (χ0n) is 11.0. The lowest BCUT2D eigenvalue weighted by atomic mass is 10.1. The van der Waals surface area contributed by atoms with Gasteiger partial charge in [-0.2, -0.15) is 15.0 Å². The third-order valence-corrected chi connectivity index (χ3v) is 3.00. The summed E-state index contributed by atoms with van der Waals surface area (Å²) < 4.78 is 0. The van der Waals surface area contributed by atoms with Gasteiger partial charge in [-0.05, 0) is 19.2 Å². The van der Waals surface area contributed by atoms with E-state index in [1.807, 2.05) is 37.4 Å². The van der Waals surface area contributed by atoms with Gasteiger partial charge in [-0.3, -0.25) is 0 Å². The summed E-state index contributed by atoms with van der Waals surface area (Å²) in [6, 6.07) is 9.73. The van der Waals surface area contributed by atoms with E-state index in [1.54, 1.807) is 23.4 Å². The standard InChI is InChI=1S/C14H14N6/c1-15-14(11-7-16-10-17-8-11)13-9-18-20(19-13)12-5-3-2-4-6-12/h2-10,14-15H,1H3. The molecule has 1 aromatic carbocycles. The lowest BCUT2D eigenvalue weighted by Crippen LogP contribution is -2.18. The molecule has 0 aliphatic rings. The van der Waals surface area contributed by atoms with E-state index in [1.165, 1.54) is 6.33 Å². The zero-order chi connectivity index (χ0) is 13.8. The molecule has 0 radical (unpaired) electrons. The molecule has 2 aromatic heterocycles. The number of rotatable bonds is 4. The summed E-state index contributed by atoms with van der Waals surface area (Å²) in [5, 5.41) is 12.0. The van der Waals surface area contributed by atoms with E-state index in [0.29, 0.717) is 0 Å². The van der Waals surface area contributed by atoms with Crippen LogP contribution in [-0.4, -0.2) is 32.0 Å². The van der Waals surface area contributed by atoms with Crippen LogP contribution >= 0.6 is 0 Å². The van der Waals surface area contributed by atoms with Crippen molar-refractivity contribution in [1.82, 2.24) is 30.3 Å². The van der Waals surface area contributed by atoms with Crippen molar-refractivity contribution in [3.63, 3.8) is 0 Å². The molecule has 1 unspecified atom stereocenters. The lowest BCUT2D eigenvalue weighted by Gasteiger charge is -2.12. The van der Waals surface area contributed by atoms with Crippen LogP contribution in [0.15, 0.2) is 55.2 Å². The van der Waals surface area contributed by atoms with Crippen LogP contribution in [0, 0.1) is 0 Å². The highest BCUT2D eigenvalue weighted by Crippen LogP contribution is 2.18. The second kappa shape index (κ2) is 5.58. The van der Waals surface area contributed by atoms with Gasteiger partial charge in [0.2, 0.25) is 0 Å².